The third kappa shape index (κ3) is 2.93. The molecule has 0 radical (unpaired) electrons. The minimum atomic E-state index is -0.497. The molecule has 3 N–H and O–H groups in total. The maximum atomic E-state index is 9.33. The molecule has 2 aromatic rings. The van der Waals surface area contributed by atoms with Crippen LogP contribution in [0, 0.1) is 0 Å². The van der Waals surface area contributed by atoms with E-state index in [4.69, 9.17) is 10.5 Å². The highest BCUT2D eigenvalue weighted by atomic mass is 16.5. The lowest BCUT2D eigenvalue weighted by Crippen LogP contribution is -2.21. The third-order valence-electron chi connectivity index (χ3n) is 2.59. The highest BCUT2D eigenvalue weighted by molar-refractivity contribution is 5.84. The van der Waals surface area contributed by atoms with Crippen LogP contribution in [0.1, 0.15) is 6.42 Å². The molecule has 0 saturated heterocycles. The second kappa shape index (κ2) is 5.61. The molecular formula is C13H16N2O2. The van der Waals surface area contributed by atoms with Crippen molar-refractivity contribution >= 4 is 10.9 Å². The van der Waals surface area contributed by atoms with Gasteiger partial charge in [-0.3, -0.25) is 4.98 Å². The van der Waals surface area contributed by atoms with E-state index in [-0.39, 0.29) is 6.54 Å². The Labute approximate surface area is 100 Å². The van der Waals surface area contributed by atoms with Crippen molar-refractivity contribution in [2.45, 2.75) is 12.5 Å². The number of aromatic nitrogens is 1. The fourth-order valence-electron chi connectivity index (χ4n) is 1.62. The highest BCUT2D eigenvalue weighted by Crippen LogP contribution is 2.23. The summed E-state index contributed by atoms with van der Waals surface area (Å²) >= 11 is 0. The lowest BCUT2D eigenvalue weighted by molar-refractivity contribution is 0.146. The zero-order valence-electron chi connectivity index (χ0n) is 9.54. The molecule has 0 aliphatic rings. The highest BCUT2D eigenvalue weighted by Gasteiger charge is 2.04. The van der Waals surface area contributed by atoms with Gasteiger partial charge in [0, 0.05) is 24.5 Å². The average molecular weight is 232 g/mol. The van der Waals surface area contributed by atoms with Crippen LogP contribution in [0.5, 0.6) is 5.75 Å². The van der Waals surface area contributed by atoms with E-state index in [1.54, 1.807) is 6.20 Å². The van der Waals surface area contributed by atoms with Crippen LogP contribution in [0.2, 0.25) is 0 Å². The van der Waals surface area contributed by atoms with Crippen LogP contribution in [0.25, 0.3) is 10.9 Å². The summed E-state index contributed by atoms with van der Waals surface area (Å²) < 4.78 is 5.64. The van der Waals surface area contributed by atoms with Crippen LogP contribution in [0.4, 0.5) is 0 Å². The van der Waals surface area contributed by atoms with E-state index in [0.29, 0.717) is 13.0 Å². The number of fused-ring (bicyclic) bond motifs is 1. The number of aliphatic hydroxyl groups excluding tert-OH is 1. The van der Waals surface area contributed by atoms with E-state index in [0.717, 1.165) is 16.7 Å². The number of ether oxygens (including phenoxy) is 1. The Morgan fingerprint density at radius 2 is 2.18 bits per heavy atom. The fourth-order valence-corrected chi connectivity index (χ4v) is 1.62. The van der Waals surface area contributed by atoms with Crippen LogP contribution in [-0.4, -0.2) is 29.3 Å². The van der Waals surface area contributed by atoms with Crippen molar-refractivity contribution < 1.29 is 9.84 Å². The summed E-state index contributed by atoms with van der Waals surface area (Å²) in [6.45, 7) is 0.715. The molecule has 0 aliphatic heterocycles. The fraction of sp³-hybridized carbons (Fsp3) is 0.308. The third-order valence-corrected chi connectivity index (χ3v) is 2.59. The molecule has 4 nitrogen and oxygen atoms in total. The molecule has 1 aromatic heterocycles. The van der Waals surface area contributed by atoms with Crippen LogP contribution in [-0.2, 0) is 0 Å². The summed E-state index contributed by atoms with van der Waals surface area (Å²) in [5.74, 6) is 0.792. The molecule has 0 amide bonds. The summed E-state index contributed by atoms with van der Waals surface area (Å²) in [6.07, 6.45) is 1.79. The molecule has 1 unspecified atom stereocenters. The van der Waals surface area contributed by atoms with E-state index in [1.807, 2.05) is 30.3 Å². The number of nitrogens with two attached hydrogens (primary N) is 1. The Kier molecular flexibility index (Phi) is 3.90. The van der Waals surface area contributed by atoms with Gasteiger partial charge in [0.1, 0.15) is 5.75 Å². The molecule has 0 aliphatic carbocycles. The number of nitrogens with zero attached hydrogens (tertiary/aromatic N) is 1. The van der Waals surface area contributed by atoms with Crippen molar-refractivity contribution in [3.05, 3.63) is 36.5 Å². The van der Waals surface area contributed by atoms with Crippen molar-refractivity contribution in [2.75, 3.05) is 13.2 Å². The van der Waals surface area contributed by atoms with Crippen LogP contribution >= 0.6 is 0 Å². The number of pyridine rings is 1. The van der Waals surface area contributed by atoms with Crippen molar-refractivity contribution in [1.82, 2.24) is 4.98 Å². The van der Waals surface area contributed by atoms with Gasteiger partial charge in [-0.1, -0.05) is 6.07 Å². The molecule has 17 heavy (non-hydrogen) atoms. The smallest absolute Gasteiger partial charge is 0.128 e. The van der Waals surface area contributed by atoms with Gasteiger partial charge in [0.05, 0.1) is 18.2 Å². The topological polar surface area (TPSA) is 68.4 Å². The maximum Gasteiger partial charge on any atom is 0.128 e. The minimum absolute atomic E-state index is 0.264. The number of hydrogen-bond donors (Lipinski definition) is 2. The molecule has 1 atom stereocenters. The molecular weight excluding hydrogens is 216 g/mol. The number of hydrogen-bond acceptors (Lipinski definition) is 4. The van der Waals surface area contributed by atoms with Gasteiger partial charge in [0.25, 0.3) is 0 Å². The molecule has 0 spiro atoms. The van der Waals surface area contributed by atoms with Gasteiger partial charge in [-0.05, 0) is 24.3 Å². The van der Waals surface area contributed by atoms with Gasteiger partial charge < -0.3 is 15.6 Å². The zero-order valence-corrected chi connectivity index (χ0v) is 9.54. The Balaban J connectivity index is 2.08. The molecule has 2 rings (SSSR count). The Morgan fingerprint density at radius 3 is 3.00 bits per heavy atom. The SMILES string of the molecule is NCC(O)CCOc1cccc2ncccc12. The van der Waals surface area contributed by atoms with Crippen LogP contribution < -0.4 is 10.5 Å². The molecule has 0 bridgehead atoms. The van der Waals surface area contributed by atoms with Gasteiger partial charge in [-0.25, -0.2) is 0 Å². The zero-order chi connectivity index (χ0) is 12.1. The maximum absolute atomic E-state index is 9.33. The number of benzene rings is 1. The predicted octanol–water partition coefficient (Wildman–Crippen LogP) is 1.32. The minimum Gasteiger partial charge on any atom is -0.493 e. The molecule has 90 valence electrons. The molecule has 4 heteroatoms. The van der Waals surface area contributed by atoms with Crippen LogP contribution in [0.3, 0.4) is 0 Å². The van der Waals surface area contributed by atoms with Crippen molar-refractivity contribution in [3.63, 3.8) is 0 Å². The monoisotopic (exact) mass is 232 g/mol. The summed E-state index contributed by atoms with van der Waals surface area (Å²) in [7, 11) is 0. The molecule has 1 heterocycles. The summed E-state index contributed by atoms with van der Waals surface area (Å²) in [4.78, 5) is 4.25. The van der Waals surface area contributed by atoms with E-state index >= 15 is 0 Å². The first-order valence-electron chi connectivity index (χ1n) is 5.66. The van der Waals surface area contributed by atoms with E-state index in [1.165, 1.54) is 0 Å². The first-order chi connectivity index (χ1) is 8.31. The van der Waals surface area contributed by atoms with Gasteiger partial charge in [-0.15, -0.1) is 0 Å². The summed E-state index contributed by atoms with van der Waals surface area (Å²) in [5, 5.41) is 10.3. The largest absolute Gasteiger partial charge is 0.493 e. The summed E-state index contributed by atoms with van der Waals surface area (Å²) in [5.41, 5.74) is 6.23. The second-order valence-corrected chi connectivity index (χ2v) is 3.85. The Bertz CT molecular complexity index is 482. The normalized spacial score (nSPS) is 12.6. The van der Waals surface area contributed by atoms with Crippen LogP contribution in [0.15, 0.2) is 36.5 Å². The Hall–Kier alpha value is -1.65. The lowest BCUT2D eigenvalue weighted by atomic mass is 10.2. The predicted molar refractivity (Wildman–Crippen MR) is 66.9 cm³/mol. The van der Waals surface area contributed by atoms with Crippen molar-refractivity contribution in [3.8, 4) is 5.75 Å². The molecule has 1 aromatic carbocycles. The second-order valence-electron chi connectivity index (χ2n) is 3.85. The van der Waals surface area contributed by atoms with Gasteiger partial charge in [-0.2, -0.15) is 0 Å². The lowest BCUT2D eigenvalue weighted by Gasteiger charge is -2.11. The Morgan fingerprint density at radius 1 is 1.29 bits per heavy atom. The van der Waals surface area contributed by atoms with E-state index in [2.05, 4.69) is 4.98 Å². The van der Waals surface area contributed by atoms with E-state index in [9.17, 15) is 5.11 Å². The van der Waals surface area contributed by atoms with E-state index < -0.39 is 6.10 Å². The summed E-state index contributed by atoms with van der Waals surface area (Å²) in [6, 6.07) is 9.60. The molecule has 0 fully saturated rings. The number of rotatable bonds is 5. The first-order valence-corrected chi connectivity index (χ1v) is 5.66. The first kappa shape index (κ1) is 11.8. The average Bonchev–Trinajstić information content (AvgIpc) is 2.39. The van der Waals surface area contributed by atoms with Crippen molar-refractivity contribution in [2.24, 2.45) is 5.73 Å². The standard InChI is InChI=1S/C13H16N2O2/c14-9-10(16)6-8-17-13-5-1-4-12-11(13)3-2-7-15-12/h1-5,7,10,16H,6,8-9,14H2. The quantitative estimate of drug-likeness (QED) is 0.816. The van der Waals surface area contributed by atoms with Gasteiger partial charge in [0.2, 0.25) is 0 Å². The number of aliphatic hydroxyl groups is 1. The molecule has 0 saturated carbocycles. The van der Waals surface area contributed by atoms with Gasteiger partial charge in [0.15, 0.2) is 0 Å². The van der Waals surface area contributed by atoms with Crippen molar-refractivity contribution in [1.29, 1.82) is 0 Å². The van der Waals surface area contributed by atoms with Gasteiger partial charge >= 0.3 is 0 Å².